The fourth-order valence-corrected chi connectivity index (χ4v) is 7.92. The number of aliphatic hydroxyl groups excluding tert-OH is 1. The molecule has 2 bridgehead atoms. The van der Waals surface area contributed by atoms with Crippen LogP contribution in [0.15, 0.2) is 66.7 Å². The van der Waals surface area contributed by atoms with Gasteiger partial charge in [-0.3, -0.25) is 14.4 Å². The molecule has 3 saturated heterocycles. The van der Waals surface area contributed by atoms with Crippen molar-refractivity contribution in [1.29, 1.82) is 0 Å². The van der Waals surface area contributed by atoms with Crippen LogP contribution in [0.2, 0.25) is 0 Å². The van der Waals surface area contributed by atoms with Gasteiger partial charge in [0.25, 0.3) is 0 Å². The van der Waals surface area contributed by atoms with Gasteiger partial charge >= 0.3 is 0 Å². The number of anilines is 2. The summed E-state index contributed by atoms with van der Waals surface area (Å²) in [6.45, 7) is 3.98. The summed E-state index contributed by atoms with van der Waals surface area (Å²) < 4.78 is 12.1. The van der Waals surface area contributed by atoms with Crippen LogP contribution >= 0.6 is 15.9 Å². The average Bonchev–Trinajstić information content (AvgIpc) is 3.58. The van der Waals surface area contributed by atoms with Crippen molar-refractivity contribution in [1.82, 2.24) is 4.90 Å². The van der Waals surface area contributed by atoms with E-state index in [2.05, 4.69) is 26.6 Å². The fraction of sp³-hybridized carbons (Fsp3) is 0.406. The summed E-state index contributed by atoms with van der Waals surface area (Å²) in [5, 5.41) is 18.2. The molecule has 3 fully saturated rings. The van der Waals surface area contributed by atoms with E-state index in [1.54, 1.807) is 24.3 Å². The lowest BCUT2D eigenvalue weighted by atomic mass is 9.70. The van der Waals surface area contributed by atoms with Crippen LogP contribution in [-0.2, 0) is 19.1 Å². The Bertz CT molecular complexity index is 1510. The standard InChI is InChI=1S/C32H34BrN3O6/c1-3-22(17-37)36-28(30(39)35-21-10-9-18-7-5-6-8-19(18)15-21)32-16-24(33)27(42-32)25(26(32)31(36)40)29(38)34-20-11-13-23(14-12-20)41-4-2/h5-15,22,24-28,37H,3-4,16-17H2,1-2H3,(H,34,38)(H,35,39)/t22-,24?,25-,26-,27-,28?,32?/m0/s1. The van der Waals surface area contributed by atoms with E-state index in [1.165, 1.54) is 4.90 Å². The average molecular weight is 637 g/mol. The lowest BCUT2D eigenvalue weighted by Gasteiger charge is -2.36. The van der Waals surface area contributed by atoms with E-state index in [0.29, 0.717) is 36.6 Å². The van der Waals surface area contributed by atoms with Crippen LogP contribution in [0.5, 0.6) is 5.75 Å². The Morgan fingerprint density at radius 3 is 2.43 bits per heavy atom. The Morgan fingerprint density at radius 1 is 1.05 bits per heavy atom. The molecule has 0 saturated carbocycles. The molecule has 6 rings (SSSR count). The van der Waals surface area contributed by atoms with E-state index >= 15 is 0 Å². The number of aliphatic hydroxyl groups is 1. The molecule has 1 spiro atoms. The van der Waals surface area contributed by atoms with Crippen molar-refractivity contribution in [2.24, 2.45) is 11.8 Å². The van der Waals surface area contributed by atoms with Gasteiger partial charge in [0, 0.05) is 16.2 Å². The number of carbonyl (C=O) groups excluding carboxylic acids is 3. The van der Waals surface area contributed by atoms with Crippen LogP contribution in [0.4, 0.5) is 11.4 Å². The van der Waals surface area contributed by atoms with Crippen LogP contribution in [-0.4, -0.2) is 69.6 Å². The Morgan fingerprint density at radius 2 is 1.74 bits per heavy atom. The largest absolute Gasteiger partial charge is 0.494 e. The zero-order chi connectivity index (χ0) is 29.6. The van der Waals surface area contributed by atoms with Crippen molar-refractivity contribution in [3.8, 4) is 5.75 Å². The van der Waals surface area contributed by atoms with Gasteiger partial charge in [0.1, 0.15) is 17.4 Å². The lowest BCUT2D eigenvalue weighted by molar-refractivity contribution is -0.143. The molecule has 7 atom stereocenters. The molecule has 3 N–H and O–H groups in total. The molecular formula is C32H34BrN3O6. The monoisotopic (exact) mass is 635 g/mol. The normalized spacial score (nSPS) is 28.5. The molecule has 0 aliphatic carbocycles. The van der Waals surface area contributed by atoms with E-state index in [-0.39, 0.29) is 23.2 Å². The molecule has 0 aromatic heterocycles. The van der Waals surface area contributed by atoms with Gasteiger partial charge in [-0.1, -0.05) is 53.2 Å². The fourth-order valence-electron chi connectivity index (χ4n) is 6.98. The van der Waals surface area contributed by atoms with Crippen molar-refractivity contribution < 1.29 is 29.0 Å². The number of fused-ring (bicyclic) bond motifs is 2. The predicted octanol–water partition coefficient (Wildman–Crippen LogP) is 4.33. The van der Waals surface area contributed by atoms with Crippen molar-refractivity contribution in [3.63, 3.8) is 0 Å². The van der Waals surface area contributed by atoms with Gasteiger partial charge < -0.3 is 30.1 Å². The maximum absolute atomic E-state index is 14.2. The number of carbonyl (C=O) groups is 3. The zero-order valence-electron chi connectivity index (χ0n) is 23.5. The van der Waals surface area contributed by atoms with E-state index in [9.17, 15) is 19.5 Å². The first-order chi connectivity index (χ1) is 20.3. The molecule has 9 nitrogen and oxygen atoms in total. The number of benzene rings is 3. The second-order valence-electron chi connectivity index (χ2n) is 11.2. The van der Waals surface area contributed by atoms with Crippen LogP contribution in [0.25, 0.3) is 10.8 Å². The van der Waals surface area contributed by atoms with Crippen molar-refractivity contribution in [3.05, 3.63) is 66.7 Å². The highest BCUT2D eigenvalue weighted by Crippen LogP contribution is 2.60. The highest BCUT2D eigenvalue weighted by atomic mass is 79.9. The summed E-state index contributed by atoms with van der Waals surface area (Å²) in [4.78, 5) is 43.4. The topological polar surface area (TPSA) is 117 Å². The molecule has 3 aliphatic rings. The number of amides is 3. The summed E-state index contributed by atoms with van der Waals surface area (Å²) >= 11 is 3.70. The van der Waals surface area contributed by atoms with Crippen LogP contribution < -0.4 is 15.4 Å². The number of nitrogens with zero attached hydrogens (tertiary/aromatic N) is 1. The molecule has 220 valence electrons. The first kappa shape index (κ1) is 28.6. The van der Waals surface area contributed by atoms with Gasteiger partial charge in [-0.25, -0.2) is 0 Å². The Balaban J connectivity index is 1.33. The Labute approximate surface area is 252 Å². The molecule has 10 heteroatoms. The number of halogens is 1. The highest BCUT2D eigenvalue weighted by molar-refractivity contribution is 9.09. The smallest absolute Gasteiger partial charge is 0.250 e. The number of hydrogen-bond acceptors (Lipinski definition) is 6. The molecule has 3 amide bonds. The molecule has 3 aliphatic heterocycles. The SMILES string of the molecule is CCOc1ccc(NC(=O)[C@H]2[C@H]3C(=O)N([C@@H](CC)CO)C(C(=O)Nc4ccc5ccccc5c4)C34CC(Br)[C@@H]2O4)cc1. The lowest BCUT2D eigenvalue weighted by Crippen LogP contribution is -2.56. The molecule has 3 unspecified atom stereocenters. The van der Waals surface area contributed by atoms with E-state index in [0.717, 1.165) is 10.8 Å². The summed E-state index contributed by atoms with van der Waals surface area (Å²) in [7, 11) is 0. The number of nitrogens with one attached hydrogen (secondary N) is 2. The number of hydrogen-bond donors (Lipinski definition) is 3. The minimum Gasteiger partial charge on any atom is -0.494 e. The van der Waals surface area contributed by atoms with Crippen LogP contribution in [0.3, 0.4) is 0 Å². The van der Waals surface area contributed by atoms with Gasteiger partial charge in [-0.05, 0) is 66.9 Å². The minimum atomic E-state index is -1.22. The van der Waals surface area contributed by atoms with Gasteiger partial charge in [0.2, 0.25) is 17.7 Å². The first-order valence-corrected chi connectivity index (χ1v) is 15.3. The number of rotatable bonds is 9. The van der Waals surface area contributed by atoms with E-state index in [1.807, 2.05) is 56.3 Å². The first-order valence-electron chi connectivity index (χ1n) is 14.4. The number of ether oxygens (including phenoxy) is 2. The van der Waals surface area contributed by atoms with Gasteiger partial charge in [-0.2, -0.15) is 0 Å². The maximum Gasteiger partial charge on any atom is 0.250 e. The molecule has 0 radical (unpaired) electrons. The summed E-state index contributed by atoms with van der Waals surface area (Å²) in [5.74, 6) is -2.09. The summed E-state index contributed by atoms with van der Waals surface area (Å²) in [6, 6.07) is 18.9. The van der Waals surface area contributed by atoms with Gasteiger partial charge in [0.05, 0.1) is 37.2 Å². The zero-order valence-corrected chi connectivity index (χ0v) is 25.0. The third-order valence-electron chi connectivity index (χ3n) is 8.80. The number of likely N-dealkylation sites (tertiary alicyclic amines) is 1. The van der Waals surface area contributed by atoms with Gasteiger partial charge in [0.15, 0.2) is 0 Å². The molecule has 42 heavy (non-hydrogen) atoms. The number of alkyl halides is 1. The predicted molar refractivity (Wildman–Crippen MR) is 163 cm³/mol. The third kappa shape index (κ3) is 4.66. The maximum atomic E-state index is 14.2. The summed E-state index contributed by atoms with van der Waals surface area (Å²) in [5.41, 5.74) is -0.0582. The molecule has 3 aromatic rings. The van der Waals surface area contributed by atoms with E-state index < -0.39 is 41.5 Å². The van der Waals surface area contributed by atoms with Crippen molar-refractivity contribution in [2.75, 3.05) is 23.8 Å². The van der Waals surface area contributed by atoms with Crippen LogP contribution in [0.1, 0.15) is 26.7 Å². The minimum absolute atomic E-state index is 0.234. The third-order valence-corrected chi connectivity index (χ3v) is 9.65. The van der Waals surface area contributed by atoms with Crippen LogP contribution in [0, 0.1) is 11.8 Å². The van der Waals surface area contributed by atoms with Crippen molar-refractivity contribution in [2.45, 2.75) is 55.3 Å². The summed E-state index contributed by atoms with van der Waals surface area (Å²) in [6.07, 6.45) is 0.235. The second-order valence-corrected chi connectivity index (χ2v) is 12.3. The van der Waals surface area contributed by atoms with Crippen molar-refractivity contribution >= 4 is 55.8 Å². The van der Waals surface area contributed by atoms with Gasteiger partial charge in [-0.15, -0.1) is 0 Å². The molecule has 3 aromatic carbocycles. The second kappa shape index (κ2) is 11.3. The molecule has 3 heterocycles. The Kier molecular flexibility index (Phi) is 7.72. The molecular weight excluding hydrogens is 602 g/mol. The van der Waals surface area contributed by atoms with E-state index in [4.69, 9.17) is 9.47 Å². The quantitative estimate of drug-likeness (QED) is 0.301. The Hall–Kier alpha value is -3.47. The highest BCUT2D eigenvalue weighted by Gasteiger charge is 2.77.